The fourth-order valence-electron chi connectivity index (χ4n) is 2.01. The third kappa shape index (κ3) is 2.75. The van der Waals surface area contributed by atoms with E-state index in [4.69, 9.17) is 9.84 Å². The second-order valence-corrected chi connectivity index (χ2v) is 4.43. The number of hydrogen-bond acceptors (Lipinski definition) is 5. The Morgan fingerprint density at radius 2 is 1.90 bits per heavy atom. The third-order valence-corrected chi connectivity index (χ3v) is 3.10. The maximum atomic E-state index is 8.95. The Balaban J connectivity index is 1.89. The Kier molecular flexibility index (Phi) is 3.61. The van der Waals surface area contributed by atoms with Crippen LogP contribution in [0, 0.1) is 0 Å². The van der Waals surface area contributed by atoms with E-state index < -0.39 is 0 Å². The molecule has 3 rings (SSSR count). The zero-order chi connectivity index (χ0) is 14.7. The van der Waals surface area contributed by atoms with Crippen molar-refractivity contribution in [2.75, 3.05) is 7.11 Å². The molecule has 0 saturated carbocycles. The average Bonchev–Trinajstić information content (AvgIpc) is 3.04. The predicted molar refractivity (Wildman–Crippen MR) is 77.1 cm³/mol. The van der Waals surface area contributed by atoms with Gasteiger partial charge >= 0.3 is 0 Å². The summed E-state index contributed by atoms with van der Waals surface area (Å²) in [6.45, 7) is -0.220. The molecular formula is C15H14N4O2. The van der Waals surface area contributed by atoms with Gasteiger partial charge in [-0.25, -0.2) is 0 Å². The number of aliphatic hydroxyl groups is 1. The number of aromatic nitrogens is 4. The van der Waals surface area contributed by atoms with Crippen molar-refractivity contribution in [1.29, 1.82) is 0 Å². The minimum Gasteiger partial charge on any atom is -0.497 e. The van der Waals surface area contributed by atoms with Gasteiger partial charge in [-0.15, -0.1) is 15.0 Å². The summed E-state index contributed by atoms with van der Waals surface area (Å²) in [5, 5.41) is 20.6. The molecule has 0 amide bonds. The molecule has 0 radical (unpaired) electrons. The van der Waals surface area contributed by atoms with Crippen molar-refractivity contribution in [3.05, 3.63) is 54.4 Å². The van der Waals surface area contributed by atoms with E-state index in [1.165, 1.54) is 4.80 Å². The molecule has 1 heterocycles. The summed E-state index contributed by atoms with van der Waals surface area (Å²) in [6.07, 6.45) is 0. The minimum atomic E-state index is -0.220. The smallest absolute Gasteiger partial charge is 0.200 e. The molecule has 0 atom stereocenters. The maximum absolute atomic E-state index is 8.95. The molecule has 0 spiro atoms. The van der Waals surface area contributed by atoms with E-state index in [2.05, 4.69) is 15.4 Å². The molecule has 0 bridgehead atoms. The predicted octanol–water partition coefficient (Wildman–Crippen LogP) is 1.83. The van der Waals surface area contributed by atoms with Crippen LogP contribution in [0.4, 0.5) is 0 Å². The lowest BCUT2D eigenvalue weighted by Gasteiger charge is -2.05. The van der Waals surface area contributed by atoms with Crippen LogP contribution in [0.25, 0.3) is 16.8 Å². The van der Waals surface area contributed by atoms with Gasteiger partial charge in [-0.2, -0.15) is 0 Å². The highest BCUT2D eigenvalue weighted by atomic mass is 16.5. The van der Waals surface area contributed by atoms with Crippen LogP contribution in [0.2, 0.25) is 0 Å². The molecule has 0 fully saturated rings. The largest absolute Gasteiger partial charge is 0.497 e. The number of ether oxygens (including phenoxy) is 1. The zero-order valence-corrected chi connectivity index (χ0v) is 11.5. The fourth-order valence-corrected chi connectivity index (χ4v) is 2.01. The summed E-state index contributed by atoms with van der Waals surface area (Å²) < 4.78 is 5.23. The molecule has 0 aliphatic rings. The number of rotatable bonds is 4. The fraction of sp³-hybridized carbons (Fsp3) is 0.133. The molecule has 21 heavy (non-hydrogen) atoms. The van der Waals surface area contributed by atoms with E-state index in [0.29, 0.717) is 5.82 Å². The topological polar surface area (TPSA) is 73.1 Å². The average molecular weight is 282 g/mol. The molecule has 0 saturated heterocycles. The first kappa shape index (κ1) is 13.3. The quantitative estimate of drug-likeness (QED) is 0.790. The number of benzene rings is 2. The van der Waals surface area contributed by atoms with Gasteiger partial charge in [0.15, 0.2) is 0 Å². The lowest BCUT2D eigenvalue weighted by atomic mass is 10.1. The molecular weight excluding hydrogens is 268 g/mol. The Labute approximate surface area is 121 Å². The van der Waals surface area contributed by atoms with Crippen molar-refractivity contribution >= 4 is 0 Å². The Hall–Kier alpha value is -2.73. The molecule has 1 aromatic heterocycles. The van der Waals surface area contributed by atoms with E-state index in [-0.39, 0.29) is 6.61 Å². The van der Waals surface area contributed by atoms with Gasteiger partial charge in [-0.05, 0) is 40.6 Å². The standard InChI is InChI=1S/C15H14N4O2/c1-21-14-4-2-3-12(9-14)11-5-7-13(8-6-11)19-17-15(10-20)16-18-19/h2-9,20H,10H2,1H3. The van der Waals surface area contributed by atoms with Gasteiger partial charge in [0.25, 0.3) is 0 Å². The summed E-state index contributed by atoms with van der Waals surface area (Å²) >= 11 is 0. The van der Waals surface area contributed by atoms with E-state index in [0.717, 1.165) is 22.6 Å². The van der Waals surface area contributed by atoms with Crippen molar-refractivity contribution in [3.8, 4) is 22.6 Å². The number of aliphatic hydroxyl groups excluding tert-OH is 1. The summed E-state index contributed by atoms with van der Waals surface area (Å²) in [5.74, 6) is 1.12. The molecule has 6 heteroatoms. The van der Waals surface area contributed by atoms with E-state index >= 15 is 0 Å². The highest BCUT2D eigenvalue weighted by Gasteiger charge is 2.05. The van der Waals surface area contributed by atoms with Crippen molar-refractivity contribution in [1.82, 2.24) is 20.2 Å². The highest BCUT2D eigenvalue weighted by Crippen LogP contribution is 2.24. The number of nitrogens with zero attached hydrogens (tertiary/aromatic N) is 4. The maximum Gasteiger partial charge on any atom is 0.200 e. The molecule has 6 nitrogen and oxygen atoms in total. The number of methoxy groups -OCH3 is 1. The molecule has 2 aromatic carbocycles. The molecule has 0 aliphatic heterocycles. The third-order valence-electron chi connectivity index (χ3n) is 3.10. The van der Waals surface area contributed by atoms with Gasteiger partial charge in [0.1, 0.15) is 12.4 Å². The second-order valence-electron chi connectivity index (χ2n) is 4.43. The molecule has 1 N–H and O–H groups in total. The second kappa shape index (κ2) is 5.72. The molecule has 106 valence electrons. The number of tetrazole rings is 1. The normalized spacial score (nSPS) is 10.6. The first-order valence-corrected chi connectivity index (χ1v) is 6.45. The lowest BCUT2D eigenvalue weighted by molar-refractivity contribution is 0.271. The van der Waals surface area contributed by atoms with E-state index in [1.807, 2.05) is 48.5 Å². The van der Waals surface area contributed by atoms with Gasteiger partial charge < -0.3 is 9.84 Å². The summed E-state index contributed by atoms with van der Waals surface area (Å²) in [5.41, 5.74) is 2.93. The van der Waals surface area contributed by atoms with E-state index in [1.54, 1.807) is 7.11 Å². The highest BCUT2D eigenvalue weighted by molar-refractivity contribution is 5.66. The van der Waals surface area contributed by atoms with Gasteiger partial charge in [-0.3, -0.25) is 0 Å². The van der Waals surface area contributed by atoms with Crippen LogP contribution in [-0.2, 0) is 6.61 Å². The van der Waals surface area contributed by atoms with Gasteiger partial charge in [-0.1, -0.05) is 24.3 Å². The molecule has 3 aromatic rings. The Bertz CT molecular complexity index is 737. The van der Waals surface area contributed by atoms with Crippen LogP contribution < -0.4 is 4.74 Å². The minimum absolute atomic E-state index is 0.220. The lowest BCUT2D eigenvalue weighted by Crippen LogP contribution is -1.99. The zero-order valence-electron chi connectivity index (χ0n) is 11.5. The first-order chi connectivity index (χ1) is 10.3. The van der Waals surface area contributed by atoms with Crippen molar-refractivity contribution in [2.45, 2.75) is 6.61 Å². The molecule has 0 aliphatic carbocycles. The van der Waals surface area contributed by atoms with Crippen molar-refractivity contribution in [2.24, 2.45) is 0 Å². The number of hydrogen-bond donors (Lipinski definition) is 1. The van der Waals surface area contributed by atoms with Crippen LogP contribution in [-0.4, -0.2) is 32.4 Å². The van der Waals surface area contributed by atoms with Gasteiger partial charge in [0.05, 0.1) is 12.8 Å². The Morgan fingerprint density at radius 1 is 1.10 bits per heavy atom. The summed E-state index contributed by atoms with van der Waals surface area (Å²) in [6, 6.07) is 15.6. The first-order valence-electron chi connectivity index (χ1n) is 6.45. The van der Waals surface area contributed by atoms with Crippen LogP contribution in [0.5, 0.6) is 5.75 Å². The molecule has 0 unspecified atom stereocenters. The van der Waals surface area contributed by atoms with Gasteiger partial charge in [0.2, 0.25) is 5.82 Å². The van der Waals surface area contributed by atoms with Crippen LogP contribution in [0.3, 0.4) is 0 Å². The van der Waals surface area contributed by atoms with E-state index in [9.17, 15) is 0 Å². The van der Waals surface area contributed by atoms with Gasteiger partial charge in [0, 0.05) is 0 Å². The monoisotopic (exact) mass is 282 g/mol. The van der Waals surface area contributed by atoms with Crippen LogP contribution in [0.1, 0.15) is 5.82 Å². The van der Waals surface area contributed by atoms with Crippen LogP contribution in [0.15, 0.2) is 48.5 Å². The summed E-state index contributed by atoms with van der Waals surface area (Å²) in [4.78, 5) is 1.39. The Morgan fingerprint density at radius 3 is 2.57 bits per heavy atom. The van der Waals surface area contributed by atoms with Crippen molar-refractivity contribution in [3.63, 3.8) is 0 Å². The van der Waals surface area contributed by atoms with Crippen molar-refractivity contribution < 1.29 is 9.84 Å². The summed E-state index contributed by atoms with van der Waals surface area (Å²) in [7, 11) is 1.65. The van der Waals surface area contributed by atoms with Crippen LogP contribution >= 0.6 is 0 Å². The SMILES string of the molecule is COc1cccc(-c2ccc(-n3nnc(CO)n3)cc2)c1.